The lowest BCUT2D eigenvalue weighted by molar-refractivity contribution is 0.207. The highest BCUT2D eigenvalue weighted by molar-refractivity contribution is 5.79. The van der Waals surface area contributed by atoms with E-state index in [2.05, 4.69) is 86.3 Å². The molecular weight excluding hydrogens is 428 g/mol. The van der Waals surface area contributed by atoms with Gasteiger partial charge in [0.05, 0.1) is 0 Å². The summed E-state index contributed by atoms with van der Waals surface area (Å²) in [7, 11) is 0. The first kappa shape index (κ1) is 25.4. The number of hydrogen-bond donors (Lipinski definition) is 0. The molecule has 2 aliphatic carbocycles. The van der Waals surface area contributed by atoms with E-state index < -0.39 is 0 Å². The van der Waals surface area contributed by atoms with E-state index in [4.69, 9.17) is 10.2 Å². The Morgan fingerprint density at radius 1 is 0.829 bits per heavy atom. The Hall–Kier alpha value is -2.68. The summed E-state index contributed by atoms with van der Waals surface area (Å²) in [4.78, 5) is 0. The van der Waals surface area contributed by atoms with Gasteiger partial charge in [0.2, 0.25) is 0 Å². The topological polar surface area (TPSA) is 45.8 Å². The molecule has 1 unspecified atom stereocenters. The van der Waals surface area contributed by atoms with Gasteiger partial charge in [-0.25, -0.2) is 0 Å². The summed E-state index contributed by atoms with van der Waals surface area (Å²) in [5, 5.41) is 16.0. The van der Waals surface area contributed by atoms with Gasteiger partial charge in [-0.3, -0.25) is 0 Å². The molecule has 0 saturated heterocycles. The Morgan fingerprint density at radius 2 is 1.37 bits per heavy atom. The summed E-state index contributed by atoms with van der Waals surface area (Å²) in [5.74, 6) is 0. The molecule has 0 bridgehead atoms. The fourth-order valence-electron chi connectivity index (χ4n) is 6.77. The SMILES string of the molecule is C=CC/C=C1\CC(CCC[OH2+])(C[C@]2(CCC[OH2+])C/C(=C\C=C/C)c3ccccc32)c2ccccc21. The van der Waals surface area contributed by atoms with Crippen LogP contribution in [0.4, 0.5) is 0 Å². The maximum atomic E-state index is 8.00. The van der Waals surface area contributed by atoms with Gasteiger partial charge in [0, 0.05) is 23.7 Å². The average Bonchev–Trinajstić information content (AvgIpc) is 3.37. The number of rotatable bonds is 11. The van der Waals surface area contributed by atoms with Crippen molar-refractivity contribution >= 4 is 11.1 Å². The molecule has 2 atom stereocenters. The predicted molar refractivity (Wildman–Crippen MR) is 151 cm³/mol. The van der Waals surface area contributed by atoms with Crippen molar-refractivity contribution in [3.05, 3.63) is 108 Å². The lowest BCUT2D eigenvalue weighted by atomic mass is 9.62. The van der Waals surface area contributed by atoms with Crippen molar-refractivity contribution in [1.29, 1.82) is 0 Å². The zero-order valence-electron chi connectivity index (χ0n) is 21.3. The highest BCUT2D eigenvalue weighted by Gasteiger charge is 2.50. The van der Waals surface area contributed by atoms with Gasteiger partial charge in [0.15, 0.2) is 0 Å². The second kappa shape index (κ2) is 11.4. The van der Waals surface area contributed by atoms with Crippen LogP contribution in [-0.2, 0) is 10.8 Å². The van der Waals surface area contributed by atoms with Gasteiger partial charge in [-0.05, 0) is 78.8 Å². The van der Waals surface area contributed by atoms with Crippen LogP contribution in [0.15, 0.2) is 85.5 Å². The molecule has 2 nitrogen and oxygen atoms in total. The molecular formula is C33H42O2+2. The van der Waals surface area contributed by atoms with Crippen LogP contribution in [0, 0.1) is 0 Å². The summed E-state index contributed by atoms with van der Waals surface area (Å²) in [6.45, 7) is 6.97. The number of hydrogen-bond acceptors (Lipinski definition) is 0. The highest BCUT2D eigenvalue weighted by Crippen LogP contribution is 2.59. The maximum absolute atomic E-state index is 8.00. The Labute approximate surface area is 211 Å². The lowest BCUT2D eigenvalue weighted by Crippen LogP contribution is -2.36. The van der Waals surface area contributed by atoms with Crippen LogP contribution in [-0.4, -0.2) is 23.4 Å². The normalized spacial score (nSPS) is 25.5. The molecule has 2 heteroatoms. The van der Waals surface area contributed by atoms with Crippen LogP contribution in [0.1, 0.15) is 80.5 Å². The molecule has 35 heavy (non-hydrogen) atoms. The molecule has 4 rings (SSSR count). The fourth-order valence-corrected chi connectivity index (χ4v) is 6.77. The van der Waals surface area contributed by atoms with Crippen molar-refractivity contribution in [3.63, 3.8) is 0 Å². The third-order valence-corrected chi connectivity index (χ3v) is 8.11. The predicted octanol–water partition coefficient (Wildman–Crippen LogP) is 6.99. The van der Waals surface area contributed by atoms with Crippen molar-refractivity contribution in [2.45, 2.75) is 69.1 Å². The van der Waals surface area contributed by atoms with Crippen molar-refractivity contribution < 1.29 is 10.2 Å². The maximum Gasteiger partial charge on any atom is 0.143 e. The van der Waals surface area contributed by atoms with Gasteiger partial charge >= 0.3 is 0 Å². The Kier molecular flexibility index (Phi) is 8.26. The zero-order chi connectivity index (χ0) is 24.7. The fraction of sp³-hybridized carbons (Fsp3) is 0.394. The van der Waals surface area contributed by atoms with E-state index in [1.54, 1.807) is 0 Å². The number of fused-ring (bicyclic) bond motifs is 2. The van der Waals surface area contributed by atoms with Crippen molar-refractivity contribution in [2.75, 3.05) is 13.2 Å². The monoisotopic (exact) mass is 470 g/mol. The molecule has 0 saturated carbocycles. The Bertz CT molecular complexity index is 1120. The first-order valence-electron chi connectivity index (χ1n) is 13.2. The number of allylic oxidation sites excluding steroid dienone is 7. The Balaban J connectivity index is 1.86. The summed E-state index contributed by atoms with van der Waals surface area (Å²) in [6, 6.07) is 18.0. The molecule has 2 aromatic rings. The van der Waals surface area contributed by atoms with Gasteiger partial charge in [0.25, 0.3) is 0 Å². The second-order valence-electron chi connectivity index (χ2n) is 10.4. The van der Waals surface area contributed by atoms with Crippen LogP contribution in [0.5, 0.6) is 0 Å². The van der Waals surface area contributed by atoms with E-state index in [0.29, 0.717) is 13.2 Å². The van der Waals surface area contributed by atoms with E-state index in [9.17, 15) is 0 Å². The smallest absolute Gasteiger partial charge is 0.143 e. The molecule has 0 spiro atoms. The molecule has 0 amide bonds. The minimum absolute atomic E-state index is 0.0219. The molecule has 2 aromatic carbocycles. The van der Waals surface area contributed by atoms with Gasteiger partial charge in [-0.2, -0.15) is 0 Å². The van der Waals surface area contributed by atoms with Gasteiger partial charge in [-0.15, -0.1) is 6.58 Å². The van der Waals surface area contributed by atoms with Crippen molar-refractivity contribution in [2.24, 2.45) is 0 Å². The minimum atomic E-state index is 0.0219. The molecule has 2 aliphatic rings. The quantitative estimate of drug-likeness (QED) is 0.251. The summed E-state index contributed by atoms with van der Waals surface area (Å²) < 4.78 is 0. The summed E-state index contributed by atoms with van der Waals surface area (Å²) >= 11 is 0. The Morgan fingerprint density at radius 3 is 1.91 bits per heavy atom. The average molecular weight is 471 g/mol. The summed E-state index contributed by atoms with van der Waals surface area (Å²) in [6.07, 6.45) is 18.9. The van der Waals surface area contributed by atoms with Gasteiger partial charge in [0.1, 0.15) is 13.2 Å². The minimum Gasteiger partial charge on any atom is -0.445 e. The van der Waals surface area contributed by atoms with E-state index >= 15 is 0 Å². The lowest BCUT2D eigenvalue weighted by Gasteiger charge is -2.41. The van der Waals surface area contributed by atoms with E-state index in [1.807, 2.05) is 6.08 Å². The largest absolute Gasteiger partial charge is 0.445 e. The third-order valence-electron chi connectivity index (χ3n) is 8.11. The molecule has 0 aromatic heterocycles. The van der Waals surface area contributed by atoms with Crippen LogP contribution in [0.25, 0.3) is 11.1 Å². The molecule has 0 aliphatic heterocycles. The van der Waals surface area contributed by atoms with E-state index in [-0.39, 0.29) is 10.8 Å². The summed E-state index contributed by atoms with van der Waals surface area (Å²) in [5.41, 5.74) is 8.63. The standard InChI is InChI=1S/C33H40O2/c1-3-5-13-26-23-32(19-11-21-34,30-17-9-7-15-28(26)30)25-33(20-12-22-35)24-27(14-6-4-2)29-16-8-10-18-31(29)33/h3-4,6-10,13-18,34-35H,1,5,11-12,19-25H2,2H3/p+2/b6-4-,26-13+,27-14+/t32?,33-/m0/s1. The van der Waals surface area contributed by atoms with Crippen LogP contribution >= 0.6 is 0 Å². The first-order valence-corrected chi connectivity index (χ1v) is 13.2. The second-order valence-corrected chi connectivity index (χ2v) is 10.4. The van der Waals surface area contributed by atoms with Crippen LogP contribution in [0.3, 0.4) is 0 Å². The highest BCUT2D eigenvalue weighted by atomic mass is 16.3. The molecule has 0 heterocycles. The molecule has 0 fully saturated rings. The third kappa shape index (κ3) is 5.01. The molecule has 184 valence electrons. The van der Waals surface area contributed by atoms with E-state index in [0.717, 1.165) is 51.4 Å². The van der Waals surface area contributed by atoms with Crippen LogP contribution < -0.4 is 0 Å². The van der Waals surface area contributed by atoms with Gasteiger partial charge < -0.3 is 10.2 Å². The zero-order valence-corrected chi connectivity index (χ0v) is 21.3. The van der Waals surface area contributed by atoms with Crippen LogP contribution in [0.2, 0.25) is 0 Å². The van der Waals surface area contributed by atoms with Crippen molar-refractivity contribution in [1.82, 2.24) is 0 Å². The van der Waals surface area contributed by atoms with E-state index in [1.165, 1.54) is 33.4 Å². The first-order chi connectivity index (χ1) is 17.1. The van der Waals surface area contributed by atoms with Crippen molar-refractivity contribution in [3.8, 4) is 0 Å². The number of benzene rings is 2. The molecule has 4 N–H and O–H groups in total. The molecule has 0 radical (unpaired) electrons. The van der Waals surface area contributed by atoms with Gasteiger partial charge in [-0.1, -0.05) is 78.9 Å².